The molecule has 1 aromatic rings. The Morgan fingerprint density at radius 3 is 2.53 bits per heavy atom. The summed E-state index contributed by atoms with van der Waals surface area (Å²) in [4.78, 5) is 37.8. The van der Waals surface area contributed by atoms with Crippen LogP contribution in [0.5, 0.6) is 0 Å². The van der Waals surface area contributed by atoms with Crippen molar-refractivity contribution in [2.45, 2.75) is 20.3 Å². The molecule has 0 fully saturated rings. The zero-order chi connectivity index (χ0) is 14.6. The van der Waals surface area contributed by atoms with Crippen LogP contribution in [0.4, 0.5) is 0 Å². The third-order valence-electron chi connectivity index (χ3n) is 2.49. The van der Waals surface area contributed by atoms with Gasteiger partial charge >= 0.3 is 5.97 Å². The highest BCUT2D eigenvalue weighted by molar-refractivity contribution is 5.95. The fourth-order valence-electron chi connectivity index (χ4n) is 1.77. The number of amides is 1. The Labute approximate surface area is 111 Å². The van der Waals surface area contributed by atoms with Crippen molar-refractivity contribution >= 4 is 11.9 Å². The number of pyridine rings is 1. The number of aromatic nitrogens is 1. The lowest BCUT2D eigenvalue weighted by Crippen LogP contribution is -2.32. The van der Waals surface area contributed by atoms with Crippen molar-refractivity contribution in [2.75, 3.05) is 13.6 Å². The molecule has 19 heavy (non-hydrogen) atoms. The molecule has 0 saturated carbocycles. The zero-order valence-corrected chi connectivity index (χ0v) is 11.3. The number of carboxylic acids is 1. The topological polar surface area (TPSA) is 90.5 Å². The largest absolute Gasteiger partial charge is 0.480 e. The van der Waals surface area contributed by atoms with Crippen LogP contribution in [0.3, 0.4) is 0 Å². The van der Waals surface area contributed by atoms with Crippen LogP contribution in [-0.2, 0) is 11.2 Å². The fourth-order valence-corrected chi connectivity index (χ4v) is 1.77. The van der Waals surface area contributed by atoms with E-state index in [1.165, 1.54) is 13.1 Å². The summed E-state index contributed by atoms with van der Waals surface area (Å²) in [5.41, 5.74) is 0.531. The lowest BCUT2D eigenvalue weighted by atomic mass is 10.1. The highest BCUT2D eigenvalue weighted by Crippen LogP contribution is 2.07. The quantitative estimate of drug-likeness (QED) is 0.822. The number of hydrogen-bond acceptors (Lipinski definition) is 3. The van der Waals surface area contributed by atoms with Gasteiger partial charge < -0.3 is 15.0 Å². The van der Waals surface area contributed by atoms with Crippen molar-refractivity contribution in [3.05, 3.63) is 33.7 Å². The maximum Gasteiger partial charge on any atom is 0.323 e. The number of hydrogen-bond donors (Lipinski definition) is 2. The minimum Gasteiger partial charge on any atom is -0.480 e. The van der Waals surface area contributed by atoms with E-state index in [4.69, 9.17) is 5.11 Å². The monoisotopic (exact) mass is 266 g/mol. The van der Waals surface area contributed by atoms with E-state index in [1.807, 2.05) is 13.8 Å². The SMILES string of the molecule is CC(C)Cc1cc(C(=O)N(C)CC(=O)O)cc(=O)[nH]1. The van der Waals surface area contributed by atoms with Crippen LogP contribution in [0.25, 0.3) is 0 Å². The Bertz CT molecular complexity index is 534. The molecular formula is C13H18N2O4. The average molecular weight is 266 g/mol. The lowest BCUT2D eigenvalue weighted by molar-refractivity contribution is -0.137. The van der Waals surface area contributed by atoms with E-state index in [0.717, 1.165) is 4.90 Å². The highest BCUT2D eigenvalue weighted by Gasteiger charge is 2.15. The molecule has 0 aromatic carbocycles. The van der Waals surface area contributed by atoms with E-state index in [2.05, 4.69) is 4.98 Å². The molecule has 0 bridgehead atoms. The second-order valence-electron chi connectivity index (χ2n) is 4.91. The maximum absolute atomic E-state index is 12.0. The molecule has 1 rings (SSSR count). The van der Waals surface area contributed by atoms with Gasteiger partial charge in [0.2, 0.25) is 5.56 Å². The number of aromatic amines is 1. The normalized spacial score (nSPS) is 10.5. The van der Waals surface area contributed by atoms with Gasteiger partial charge in [0.05, 0.1) is 0 Å². The molecule has 0 radical (unpaired) electrons. The van der Waals surface area contributed by atoms with E-state index in [1.54, 1.807) is 6.07 Å². The smallest absolute Gasteiger partial charge is 0.323 e. The number of nitrogens with one attached hydrogen (secondary N) is 1. The van der Waals surface area contributed by atoms with Gasteiger partial charge in [0.15, 0.2) is 0 Å². The molecule has 0 aliphatic heterocycles. The van der Waals surface area contributed by atoms with Crippen LogP contribution >= 0.6 is 0 Å². The highest BCUT2D eigenvalue weighted by atomic mass is 16.4. The molecule has 1 aromatic heterocycles. The van der Waals surface area contributed by atoms with Crippen molar-refractivity contribution in [3.63, 3.8) is 0 Å². The van der Waals surface area contributed by atoms with Crippen molar-refractivity contribution < 1.29 is 14.7 Å². The molecule has 0 aliphatic rings. The Balaban J connectivity index is 2.99. The summed E-state index contributed by atoms with van der Waals surface area (Å²) in [6, 6.07) is 2.78. The van der Waals surface area contributed by atoms with Gasteiger partial charge in [-0.2, -0.15) is 0 Å². The number of carbonyl (C=O) groups is 2. The molecule has 2 N–H and O–H groups in total. The number of carboxylic acid groups (broad SMARTS) is 1. The average Bonchev–Trinajstić information content (AvgIpc) is 2.25. The minimum absolute atomic E-state index is 0.211. The van der Waals surface area contributed by atoms with Crippen LogP contribution in [-0.4, -0.2) is 40.5 Å². The molecule has 0 spiro atoms. The molecule has 0 aliphatic carbocycles. The van der Waals surface area contributed by atoms with Crippen molar-refractivity contribution in [1.82, 2.24) is 9.88 Å². The van der Waals surface area contributed by atoms with E-state index in [0.29, 0.717) is 18.0 Å². The maximum atomic E-state index is 12.0. The molecule has 1 heterocycles. The summed E-state index contributed by atoms with van der Waals surface area (Å²) < 4.78 is 0. The Morgan fingerprint density at radius 2 is 2.00 bits per heavy atom. The lowest BCUT2D eigenvalue weighted by Gasteiger charge is -2.15. The summed E-state index contributed by atoms with van der Waals surface area (Å²) in [6.07, 6.45) is 0.652. The first kappa shape index (κ1) is 14.9. The predicted molar refractivity (Wildman–Crippen MR) is 70.2 cm³/mol. The standard InChI is InChI=1S/C13H18N2O4/c1-8(2)4-10-5-9(6-11(16)14-10)13(19)15(3)7-12(17)18/h5-6,8H,4,7H2,1-3H3,(H,14,16)(H,17,18). The van der Waals surface area contributed by atoms with Gasteiger partial charge in [-0.1, -0.05) is 13.8 Å². The third-order valence-corrected chi connectivity index (χ3v) is 2.49. The van der Waals surface area contributed by atoms with Crippen LogP contribution < -0.4 is 5.56 Å². The number of H-pyrrole nitrogens is 1. The summed E-state index contributed by atoms with van der Waals surface area (Å²) in [5.74, 6) is -1.22. The third kappa shape index (κ3) is 4.57. The number of nitrogens with zero attached hydrogens (tertiary/aromatic N) is 1. The Kier molecular flexibility index (Phi) is 4.86. The molecule has 0 unspecified atom stereocenters. The summed E-state index contributed by atoms with van der Waals surface area (Å²) in [7, 11) is 1.39. The molecule has 0 atom stereocenters. The van der Waals surface area contributed by atoms with E-state index in [-0.39, 0.29) is 11.1 Å². The molecular weight excluding hydrogens is 248 g/mol. The first-order chi connectivity index (χ1) is 8.79. The summed E-state index contributed by atoms with van der Waals surface area (Å²) in [5, 5.41) is 8.65. The van der Waals surface area contributed by atoms with Crippen LogP contribution in [0.2, 0.25) is 0 Å². The molecule has 1 amide bonds. The number of carbonyl (C=O) groups excluding carboxylic acids is 1. The minimum atomic E-state index is -1.09. The van der Waals surface area contributed by atoms with Crippen molar-refractivity contribution in [2.24, 2.45) is 5.92 Å². The summed E-state index contributed by atoms with van der Waals surface area (Å²) >= 11 is 0. The second-order valence-corrected chi connectivity index (χ2v) is 4.91. The zero-order valence-electron chi connectivity index (χ0n) is 11.3. The van der Waals surface area contributed by atoms with Gasteiger partial charge in [-0.05, 0) is 18.4 Å². The van der Waals surface area contributed by atoms with Gasteiger partial charge in [0.1, 0.15) is 6.54 Å². The van der Waals surface area contributed by atoms with Crippen LogP contribution in [0, 0.1) is 5.92 Å². The van der Waals surface area contributed by atoms with Crippen LogP contribution in [0.1, 0.15) is 29.9 Å². The van der Waals surface area contributed by atoms with Crippen molar-refractivity contribution in [3.8, 4) is 0 Å². The van der Waals surface area contributed by atoms with E-state index < -0.39 is 18.4 Å². The van der Waals surface area contributed by atoms with Gasteiger partial charge in [0.25, 0.3) is 5.91 Å². The van der Waals surface area contributed by atoms with Crippen molar-refractivity contribution in [1.29, 1.82) is 0 Å². The van der Waals surface area contributed by atoms with Gasteiger partial charge in [-0.3, -0.25) is 14.4 Å². The van der Waals surface area contributed by atoms with Crippen LogP contribution in [0.15, 0.2) is 16.9 Å². The number of likely N-dealkylation sites (N-methyl/N-ethyl adjacent to an activating group) is 1. The molecule has 6 nitrogen and oxygen atoms in total. The Hall–Kier alpha value is -2.11. The molecule has 0 saturated heterocycles. The van der Waals surface area contributed by atoms with Gasteiger partial charge in [-0.25, -0.2) is 0 Å². The van der Waals surface area contributed by atoms with E-state index >= 15 is 0 Å². The van der Waals surface area contributed by atoms with Gasteiger partial charge in [0, 0.05) is 24.4 Å². The van der Waals surface area contributed by atoms with E-state index in [9.17, 15) is 14.4 Å². The first-order valence-electron chi connectivity index (χ1n) is 6.00. The number of rotatable bonds is 5. The summed E-state index contributed by atoms with van der Waals surface area (Å²) in [6.45, 7) is 3.61. The first-order valence-corrected chi connectivity index (χ1v) is 6.00. The molecule has 6 heteroatoms. The van der Waals surface area contributed by atoms with Gasteiger partial charge in [-0.15, -0.1) is 0 Å². The molecule has 104 valence electrons. The predicted octanol–water partition coefficient (Wildman–Crippen LogP) is 0.730. The Morgan fingerprint density at radius 1 is 1.37 bits per heavy atom. The fraction of sp³-hybridized carbons (Fsp3) is 0.462. The second kappa shape index (κ2) is 6.17. The number of aliphatic carboxylic acids is 1.